The molecule has 0 unspecified atom stereocenters. The average molecular weight is 438 g/mol. The SMILES string of the molecule is COc1ccc2nc(CN3CCN(C(=O)CSc4nc5ccccc5o4)CC3)[nH]c2c1. The van der Waals surface area contributed by atoms with E-state index in [1.165, 1.54) is 11.8 Å². The van der Waals surface area contributed by atoms with Gasteiger partial charge in [0.2, 0.25) is 5.91 Å². The summed E-state index contributed by atoms with van der Waals surface area (Å²) in [7, 11) is 1.66. The molecule has 31 heavy (non-hydrogen) atoms. The highest BCUT2D eigenvalue weighted by Gasteiger charge is 2.22. The maximum atomic E-state index is 12.6. The number of imidazole rings is 1. The number of nitrogens with zero attached hydrogens (tertiary/aromatic N) is 4. The van der Waals surface area contributed by atoms with Crippen molar-refractivity contribution in [3.8, 4) is 5.75 Å². The van der Waals surface area contributed by atoms with E-state index in [-0.39, 0.29) is 5.91 Å². The molecule has 0 radical (unpaired) electrons. The van der Waals surface area contributed by atoms with Crippen LogP contribution in [0.5, 0.6) is 5.75 Å². The molecule has 0 atom stereocenters. The highest BCUT2D eigenvalue weighted by atomic mass is 32.2. The number of rotatable bonds is 6. The van der Waals surface area contributed by atoms with Gasteiger partial charge in [-0.25, -0.2) is 9.97 Å². The van der Waals surface area contributed by atoms with Gasteiger partial charge < -0.3 is 19.0 Å². The Kier molecular flexibility index (Phi) is 5.52. The van der Waals surface area contributed by atoms with Gasteiger partial charge in [-0.05, 0) is 24.3 Å². The number of oxazole rings is 1. The van der Waals surface area contributed by atoms with Gasteiger partial charge in [-0.1, -0.05) is 23.9 Å². The maximum absolute atomic E-state index is 12.6. The predicted octanol–water partition coefficient (Wildman–Crippen LogP) is 3.15. The van der Waals surface area contributed by atoms with Crippen LogP contribution in [0.15, 0.2) is 52.1 Å². The number of benzene rings is 2. The Bertz CT molecular complexity index is 1180. The molecule has 1 amide bonds. The molecule has 9 heteroatoms. The quantitative estimate of drug-likeness (QED) is 0.464. The largest absolute Gasteiger partial charge is 0.497 e. The van der Waals surface area contributed by atoms with Crippen LogP contribution in [-0.2, 0) is 11.3 Å². The van der Waals surface area contributed by atoms with E-state index < -0.39 is 0 Å². The Morgan fingerprint density at radius 3 is 2.77 bits per heavy atom. The third-order valence-electron chi connectivity index (χ3n) is 5.43. The zero-order valence-electron chi connectivity index (χ0n) is 17.2. The number of methoxy groups -OCH3 is 1. The van der Waals surface area contributed by atoms with Crippen LogP contribution in [0.3, 0.4) is 0 Å². The van der Waals surface area contributed by atoms with Crippen LogP contribution in [0, 0.1) is 0 Å². The standard InChI is InChI=1S/C22H23N5O3S/c1-29-15-6-7-16-18(12-15)24-20(23-16)13-26-8-10-27(11-9-26)21(28)14-31-22-25-17-4-2-3-5-19(17)30-22/h2-7,12H,8-11,13-14H2,1H3,(H,23,24). The van der Waals surface area contributed by atoms with Gasteiger partial charge in [0, 0.05) is 32.2 Å². The van der Waals surface area contributed by atoms with Crippen LogP contribution >= 0.6 is 11.8 Å². The Morgan fingerprint density at radius 1 is 1.13 bits per heavy atom. The maximum Gasteiger partial charge on any atom is 0.257 e. The topological polar surface area (TPSA) is 87.5 Å². The van der Waals surface area contributed by atoms with E-state index >= 15 is 0 Å². The average Bonchev–Trinajstić information content (AvgIpc) is 3.40. The zero-order chi connectivity index (χ0) is 21.2. The lowest BCUT2D eigenvalue weighted by molar-refractivity contribution is -0.130. The van der Waals surface area contributed by atoms with Crippen LogP contribution in [-0.4, -0.2) is 69.7 Å². The van der Waals surface area contributed by atoms with E-state index in [4.69, 9.17) is 9.15 Å². The van der Waals surface area contributed by atoms with Crippen LogP contribution in [0.4, 0.5) is 0 Å². The zero-order valence-corrected chi connectivity index (χ0v) is 18.0. The number of hydrogen-bond donors (Lipinski definition) is 1. The first-order valence-corrected chi connectivity index (χ1v) is 11.2. The number of thioether (sulfide) groups is 1. The second kappa shape index (κ2) is 8.60. The summed E-state index contributed by atoms with van der Waals surface area (Å²) >= 11 is 1.35. The Balaban J connectivity index is 1.12. The fourth-order valence-corrected chi connectivity index (χ4v) is 4.48. The fraction of sp³-hybridized carbons (Fsp3) is 0.318. The molecule has 2 aromatic carbocycles. The molecule has 3 heterocycles. The molecule has 2 aromatic heterocycles. The summed E-state index contributed by atoms with van der Waals surface area (Å²) in [6.45, 7) is 3.79. The summed E-state index contributed by atoms with van der Waals surface area (Å²) in [6.07, 6.45) is 0. The molecule has 0 bridgehead atoms. The molecule has 1 fully saturated rings. The van der Waals surface area contributed by atoms with Gasteiger partial charge in [0.1, 0.15) is 17.1 Å². The normalized spacial score (nSPS) is 15.1. The van der Waals surface area contributed by atoms with Crippen LogP contribution in [0.2, 0.25) is 0 Å². The molecular weight excluding hydrogens is 414 g/mol. The van der Waals surface area contributed by atoms with E-state index in [0.29, 0.717) is 24.1 Å². The monoisotopic (exact) mass is 437 g/mol. The van der Waals surface area contributed by atoms with Gasteiger partial charge >= 0.3 is 0 Å². The molecule has 5 rings (SSSR count). The minimum Gasteiger partial charge on any atom is -0.497 e. The number of amides is 1. The number of H-pyrrole nitrogens is 1. The van der Waals surface area contributed by atoms with Crippen molar-refractivity contribution in [2.75, 3.05) is 39.0 Å². The molecule has 0 spiro atoms. The van der Waals surface area contributed by atoms with Crippen LogP contribution in [0.25, 0.3) is 22.1 Å². The fourth-order valence-electron chi connectivity index (χ4n) is 3.74. The van der Waals surface area contributed by atoms with E-state index in [1.807, 2.05) is 47.4 Å². The molecule has 0 aliphatic carbocycles. The van der Waals surface area contributed by atoms with Crippen molar-refractivity contribution in [2.45, 2.75) is 11.8 Å². The van der Waals surface area contributed by atoms with Gasteiger partial charge in [0.25, 0.3) is 5.22 Å². The molecule has 8 nitrogen and oxygen atoms in total. The van der Waals surface area contributed by atoms with Crippen molar-refractivity contribution in [2.24, 2.45) is 0 Å². The molecule has 160 valence electrons. The van der Waals surface area contributed by atoms with Gasteiger partial charge in [0.15, 0.2) is 5.58 Å². The van der Waals surface area contributed by atoms with Crippen LogP contribution in [0.1, 0.15) is 5.82 Å². The minimum absolute atomic E-state index is 0.114. The van der Waals surface area contributed by atoms with E-state index in [0.717, 1.165) is 53.3 Å². The van der Waals surface area contributed by atoms with Gasteiger partial charge in [-0.2, -0.15) is 0 Å². The van der Waals surface area contributed by atoms with Gasteiger partial charge in [-0.15, -0.1) is 0 Å². The Hall–Kier alpha value is -3.04. The molecule has 1 aliphatic heterocycles. The van der Waals surface area contributed by atoms with Gasteiger partial charge in [0.05, 0.1) is 30.4 Å². The smallest absolute Gasteiger partial charge is 0.257 e. The summed E-state index contributed by atoms with van der Waals surface area (Å²) < 4.78 is 11.0. The number of fused-ring (bicyclic) bond motifs is 2. The molecule has 1 N–H and O–H groups in total. The number of carbonyl (C=O) groups excluding carboxylic acids is 1. The molecule has 0 saturated carbocycles. The second-order valence-electron chi connectivity index (χ2n) is 7.46. The summed E-state index contributed by atoms with van der Waals surface area (Å²) in [5, 5.41) is 0.537. The number of ether oxygens (including phenoxy) is 1. The highest BCUT2D eigenvalue weighted by Crippen LogP contribution is 2.24. The number of para-hydroxylation sites is 2. The first-order chi connectivity index (χ1) is 15.2. The van der Waals surface area contributed by atoms with Crippen molar-refractivity contribution in [1.82, 2.24) is 24.8 Å². The Morgan fingerprint density at radius 2 is 1.97 bits per heavy atom. The summed E-state index contributed by atoms with van der Waals surface area (Å²) in [5.41, 5.74) is 3.46. The number of aromatic amines is 1. The lowest BCUT2D eigenvalue weighted by atomic mass is 10.3. The number of piperazine rings is 1. The van der Waals surface area contributed by atoms with E-state index in [9.17, 15) is 4.79 Å². The van der Waals surface area contributed by atoms with Gasteiger partial charge in [-0.3, -0.25) is 9.69 Å². The molecular formula is C22H23N5O3S. The van der Waals surface area contributed by atoms with Crippen molar-refractivity contribution in [3.63, 3.8) is 0 Å². The lowest BCUT2D eigenvalue weighted by Crippen LogP contribution is -2.48. The third-order valence-corrected chi connectivity index (χ3v) is 6.24. The van der Waals surface area contributed by atoms with Crippen molar-refractivity contribution >= 4 is 39.8 Å². The third kappa shape index (κ3) is 4.38. The number of hydrogen-bond acceptors (Lipinski definition) is 7. The van der Waals surface area contributed by atoms with Crippen molar-refractivity contribution in [1.29, 1.82) is 0 Å². The Labute approximate surface area is 183 Å². The van der Waals surface area contributed by atoms with Crippen molar-refractivity contribution in [3.05, 3.63) is 48.3 Å². The number of aromatic nitrogens is 3. The first kappa shape index (κ1) is 19.9. The first-order valence-electron chi connectivity index (χ1n) is 10.2. The number of nitrogens with one attached hydrogen (secondary N) is 1. The predicted molar refractivity (Wildman–Crippen MR) is 119 cm³/mol. The van der Waals surface area contributed by atoms with E-state index in [1.54, 1.807) is 7.11 Å². The summed E-state index contributed by atoms with van der Waals surface area (Å²) in [4.78, 5) is 29.3. The molecule has 1 aliphatic rings. The lowest BCUT2D eigenvalue weighted by Gasteiger charge is -2.34. The van der Waals surface area contributed by atoms with E-state index in [2.05, 4.69) is 19.9 Å². The molecule has 4 aromatic rings. The molecule has 1 saturated heterocycles. The number of carbonyl (C=O) groups is 1. The second-order valence-corrected chi connectivity index (χ2v) is 8.39. The summed E-state index contributed by atoms with van der Waals surface area (Å²) in [5.74, 6) is 2.18. The van der Waals surface area contributed by atoms with Crippen molar-refractivity contribution < 1.29 is 13.9 Å². The minimum atomic E-state index is 0.114. The summed E-state index contributed by atoms with van der Waals surface area (Å²) in [6, 6.07) is 13.4. The highest BCUT2D eigenvalue weighted by molar-refractivity contribution is 7.99. The van der Waals surface area contributed by atoms with Crippen LogP contribution < -0.4 is 4.74 Å².